The van der Waals surface area contributed by atoms with Gasteiger partial charge in [-0.05, 0) is 12.1 Å². The monoisotopic (exact) mass is 232 g/mol. The third-order valence-corrected chi connectivity index (χ3v) is 2.33. The smallest absolute Gasteiger partial charge is 0.296 e. The average Bonchev–Trinajstić information content (AvgIpc) is 2.55. The minimum Gasteiger partial charge on any atom is -0.296 e. The quantitative estimate of drug-likeness (QED) is 0.748. The number of thiol groups is 1. The molecule has 2 aromatic rings. The summed E-state index contributed by atoms with van der Waals surface area (Å²) >= 11 is 3.95. The summed E-state index contributed by atoms with van der Waals surface area (Å²) < 4.78 is 38.7. The van der Waals surface area contributed by atoms with Gasteiger partial charge in [-0.25, -0.2) is 4.98 Å². The maximum Gasteiger partial charge on any atom is 0.450 e. The second kappa shape index (κ2) is 3.44. The number of nitrogens with zero attached hydrogens (tertiary/aromatic N) is 2. The molecule has 0 saturated heterocycles. The lowest BCUT2D eigenvalue weighted by atomic mass is 10.3. The fourth-order valence-electron chi connectivity index (χ4n) is 1.42. The van der Waals surface area contributed by atoms with Crippen LogP contribution in [0.3, 0.4) is 0 Å². The van der Waals surface area contributed by atoms with Gasteiger partial charge in [0.2, 0.25) is 5.82 Å². The van der Waals surface area contributed by atoms with Crippen molar-refractivity contribution in [1.82, 2.24) is 9.38 Å². The number of imidazole rings is 1. The fourth-order valence-corrected chi connectivity index (χ4v) is 1.65. The van der Waals surface area contributed by atoms with Gasteiger partial charge in [-0.15, -0.1) is 0 Å². The molecule has 15 heavy (non-hydrogen) atoms. The molecule has 6 heteroatoms. The van der Waals surface area contributed by atoms with Crippen molar-refractivity contribution in [3.63, 3.8) is 0 Å². The van der Waals surface area contributed by atoms with Crippen LogP contribution in [-0.2, 0) is 11.9 Å². The first-order valence-corrected chi connectivity index (χ1v) is 4.81. The highest BCUT2D eigenvalue weighted by atomic mass is 32.1. The van der Waals surface area contributed by atoms with Gasteiger partial charge in [0.25, 0.3) is 0 Å². The molecule has 0 fully saturated rings. The fraction of sp³-hybridized carbons (Fsp3) is 0.222. The largest absolute Gasteiger partial charge is 0.450 e. The minimum absolute atomic E-state index is 0.184. The number of hydrogen-bond acceptors (Lipinski definition) is 2. The van der Waals surface area contributed by atoms with Crippen molar-refractivity contribution in [1.29, 1.82) is 0 Å². The summed E-state index contributed by atoms with van der Waals surface area (Å²) in [6.07, 6.45) is -3.09. The van der Waals surface area contributed by atoms with Crippen LogP contribution >= 0.6 is 12.6 Å². The Morgan fingerprint density at radius 2 is 2.07 bits per heavy atom. The van der Waals surface area contributed by atoms with E-state index < -0.39 is 12.0 Å². The van der Waals surface area contributed by atoms with Crippen molar-refractivity contribution in [3.8, 4) is 0 Å². The first-order valence-electron chi connectivity index (χ1n) is 4.18. The standard InChI is InChI=1S/C9H7F3N2S/c10-9(11,12)8-13-6(5-15)7-3-1-2-4-14(7)8/h1-4,15H,5H2. The van der Waals surface area contributed by atoms with Gasteiger partial charge in [0.05, 0.1) is 11.2 Å². The first-order chi connectivity index (χ1) is 7.04. The SMILES string of the molecule is FC(F)(F)c1nc(CS)c2ccccn12. The van der Waals surface area contributed by atoms with E-state index in [4.69, 9.17) is 0 Å². The van der Waals surface area contributed by atoms with Crippen LogP contribution in [0.4, 0.5) is 13.2 Å². The molecule has 0 aliphatic carbocycles. The Bertz CT molecular complexity index is 490. The van der Waals surface area contributed by atoms with Crippen molar-refractivity contribution in [2.45, 2.75) is 11.9 Å². The van der Waals surface area contributed by atoms with E-state index in [1.807, 2.05) is 0 Å². The van der Waals surface area contributed by atoms with E-state index in [2.05, 4.69) is 17.6 Å². The normalized spacial score (nSPS) is 12.3. The van der Waals surface area contributed by atoms with E-state index in [9.17, 15) is 13.2 Å². The molecular weight excluding hydrogens is 225 g/mol. The molecule has 0 amide bonds. The van der Waals surface area contributed by atoms with E-state index in [1.54, 1.807) is 12.1 Å². The summed E-state index contributed by atoms with van der Waals surface area (Å²) in [5.74, 6) is -0.717. The van der Waals surface area contributed by atoms with E-state index in [-0.39, 0.29) is 5.75 Å². The Kier molecular flexibility index (Phi) is 2.38. The maximum absolute atomic E-state index is 12.6. The lowest BCUT2D eigenvalue weighted by molar-refractivity contribution is -0.145. The molecule has 2 rings (SSSR count). The summed E-state index contributed by atoms with van der Waals surface area (Å²) in [4.78, 5) is 3.54. The predicted molar refractivity (Wildman–Crippen MR) is 52.9 cm³/mol. The topological polar surface area (TPSA) is 17.3 Å². The molecule has 0 aromatic carbocycles. The Morgan fingerprint density at radius 3 is 2.67 bits per heavy atom. The molecule has 2 aromatic heterocycles. The number of pyridine rings is 1. The molecule has 0 unspecified atom stereocenters. The van der Waals surface area contributed by atoms with Crippen molar-refractivity contribution in [2.24, 2.45) is 0 Å². The molecule has 0 aliphatic rings. The van der Waals surface area contributed by atoms with Crippen molar-refractivity contribution < 1.29 is 13.2 Å². The molecule has 0 N–H and O–H groups in total. The van der Waals surface area contributed by atoms with Crippen LogP contribution in [0.2, 0.25) is 0 Å². The van der Waals surface area contributed by atoms with E-state index in [0.29, 0.717) is 11.2 Å². The van der Waals surface area contributed by atoms with Crippen LogP contribution in [0, 0.1) is 0 Å². The van der Waals surface area contributed by atoms with Gasteiger partial charge >= 0.3 is 6.18 Å². The second-order valence-electron chi connectivity index (χ2n) is 2.99. The van der Waals surface area contributed by atoms with Gasteiger partial charge in [0, 0.05) is 11.9 Å². The molecule has 0 bridgehead atoms. The number of halogens is 3. The molecule has 2 heterocycles. The van der Waals surface area contributed by atoms with Crippen molar-refractivity contribution in [2.75, 3.05) is 0 Å². The Morgan fingerprint density at radius 1 is 1.33 bits per heavy atom. The first kappa shape index (κ1) is 10.4. The van der Waals surface area contributed by atoms with Crippen LogP contribution in [-0.4, -0.2) is 9.38 Å². The third-order valence-electron chi connectivity index (χ3n) is 2.03. The molecule has 0 atom stereocenters. The summed E-state index contributed by atoms with van der Waals surface area (Å²) in [7, 11) is 0. The lowest BCUT2D eigenvalue weighted by Crippen LogP contribution is -2.10. The van der Waals surface area contributed by atoms with Gasteiger partial charge in [-0.2, -0.15) is 25.8 Å². The number of rotatable bonds is 1. The number of alkyl halides is 3. The molecule has 80 valence electrons. The Labute approximate surface area is 89.2 Å². The summed E-state index contributed by atoms with van der Waals surface area (Å²) in [5.41, 5.74) is 0.783. The van der Waals surface area contributed by atoms with Crippen LogP contribution in [0.15, 0.2) is 24.4 Å². The summed E-state index contributed by atoms with van der Waals surface area (Å²) in [6.45, 7) is 0. The van der Waals surface area contributed by atoms with Crippen LogP contribution in [0.25, 0.3) is 5.52 Å². The lowest BCUT2D eigenvalue weighted by Gasteiger charge is -2.03. The van der Waals surface area contributed by atoms with E-state index >= 15 is 0 Å². The minimum atomic E-state index is -4.44. The predicted octanol–water partition coefficient (Wildman–Crippen LogP) is 2.78. The average molecular weight is 232 g/mol. The van der Waals surface area contributed by atoms with Gasteiger partial charge < -0.3 is 0 Å². The van der Waals surface area contributed by atoms with Crippen LogP contribution in [0.1, 0.15) is 11.5 Å². The van der Waals surface area contributed by atoms with E-state index in [0.717, 1.165) is 4.40 Å². The zero-order chi connectivity index (χ0) is 11.1. The van der Waals surface area contributed by atoms with Crippen molar-refractivity contribution >= 4 is 18.1 Å². The maximum atomic E-state index is 12.6. The number of hydrogen-bond donors (Lipinski definition) is 1. The van der Waals surface area contributed by atoms with Gasteiger partial charge in [0.15, 0.2) is 0 Å². The molecule has 0 radical (unpaired) electrons. The highest BCUT2D eigenvalue weighted by Gasteiger charge is 2.36. The molecule has 0 spiro atoms. The number of aromatic nitrogens is 2. The van der Waals surface area contributed by atoms with Gasteiger partial charge in [-0.3, -0.25) is 4.40 Å². The van der Waals surface area contributed by atoms with Crippen molar-refractivity contribution in [3.05, 3.63) is 35.9 Å². The second-order valence-corrected chi connectivity index (χ2v) is 3.31. The number of fused-ring (bicyclic) bond motifs is 1. The highest BCUT2D eigenvalue weighted by molar-refractivity contribution is 7.79. The van der Waals surface area contributed by atoms with Crippen LogP contribution < -0.4 is 0 Å². The zero-order valence-corrected chi connectivity index (χ0v) is 8.39. The molecule has 0 saturated carbocycles. The van der Waals surface area contributed by atoms with E-state index in [1.165, 1.54) is 12.3 Å². The summed E-state index contributed by atoms with van der Waals surface area (Å²) in [6, 6.07) is 4.80. The molecular formula is C9H7F3N2S. The summed E-state index contributed by atoms with van der Waals surface area (Å²) in [5, 5.41) is 0. The third kappa shape index (κ3) is 1.69. The van der Waals surface area contributed by atoms with Gasteiger partial charge in [-0.1, -0.05) is 6.07 Å². The Balaban J connectivity index is 2.76. The molecule has 2 nitrogen and oxygen atoms in total. The van der Waals surface area contributed by atoms with Gasteiger partial charge in [0.1, 0.15) is 0 Å². The highest BCUT2D eigenvalue weighted by Crippen LogP contribution is 2.30. The van der Waals surface area contributed by atoms with Crippen LogP contribution in [0.5, 0.6) is 0 Å². The Hall–Kier alpha value is -1.17. The zero-order valence-electron chi connectivity index (χ0n) is 7.49. The molecule has 0 aliphatic heterocycles.